The number of hydrogen-bond acceptors (Lipinski definition) is 9. The summed E-state index contributed by atoms with van der Waals surface area (Å²) in [5.41, 5.74) is 0.676. The van der Waals surface area contributed by atoms with Gasteiger partial charge in [-0.2, -0.15) is 0 Å². The molecule has 39 heavy (non-hydrogen) atoms. The fourth-order valence-corrected chi connectivity index (χ4v) is 5.70. The third-order valence-electron chi connectivity index (χ3n) is 7.40. The molecule has 3 saturated heterocycles. The third-order valence-corrected chi connectivity index (χ3v) is 7.40. The second kappa shape index (κ2) is 10.2. The first-order valence-corrected chi connectivity index (χ1v) is 13.3. The average molecular weight is 542 g/mol. The SMILES string of the molecule is CC(C)(C)OC(=O)N1CC2(CN(CCOCCNc3cccc4c3C(=O)N(C3CCC(=O)NC3=O)C4=O)C2)C1. The van der Waals surface area contributed by atoms with Crippen LogP contribution in [0.25, 0.3) is 0 Å². The Labute approximate surface area is 226 Å². The van der Waals surface area contributed by atoms with Crippen LogP contribution in [0.3, 0.4) is 0 Å². The largest absolute Gasteiger partial charge is 0.444 e. The Balaban J connectivity index is 1.02. The number of hydrogen-bond donors (Lipinski definition) is 2. The molecule has 0 aromatic heterocycles. The van der Waals surface area contributed by atoms with Crippen LogP contribution in [0.1, 0.15) is 54.3 Å². The number of carbonyl (C=O) groups excluding carboxylic acids is 5. The number of anilines is 1. The van der Waals surface area contributed by atoms with E-state index in [-0.39, 0.29) is 35.5 Å². The van der Waals surface area contributed by atoms with Crippen LogP contribution in [0.15, 0.2) is 18.2 Å². The summed E-state index contributed by atoms with van der Waals surface area (Å²) in [4.78, 5) is 67.0. The zero-order chi connectivity index (χ0) is 27.9. The molecule has 3 fully saturated rings. The molecule has 5 amide bonds. The van der Waals surface area contributed by atoms with Gasteiger partial charge in [0.1, 0.15) is 11.6 Å². The highest BCUT2D eigenvalue weighted by Gasteiger charge is 2.53. The molecule has 12 nitrogen and oxygen atoms in total. The summed E-state index contributed by atoms with van der Waals surface area (Å²) in [6.45, 7) is 11.1. The maximum absolute atomic E-state index is 13.1. The Bertz CT molecular complexity index is 1200. The number of likely N-dealkylation sites (tertiary alicyclic amines) is 2. The lowest BCUT2D eigenvalue weighted by atomic mass is 9.73. The lowest BCUT2D eigenvalue weighted by Gasteiger charge is -2.60. The van der Waals surface area contributed by atoms with E-state index >= 15 is 0 Å². The number of rotatable bonds is 8. The van der Waals surface area contributed by atoms with Gasteiger partial charge in [0.15, 0.2) is 0 Å². The van der Waals surface area contributed by atoms with Gasteiger partial charge in [-0.1, -0.05) is 6.07 Å². The van der Waals surface area contributed by atoms with E-state index in [1.54, 1.807) is 23.1 Å². The van der Waals surface area contributed by atoms with Crippen molar-refractivity contribution in [1.29, 1.82) is 0 Å². The molecule has 1 aromatic carbocycles. The molecule has 5 rings (SSSR count). The fourth-order valence-electron chi connectivity index (χ4n) is 5.70. The van der Waals surface area contributed by atoms with E-state index in [2.05, 4.69) is 15.5 Å². The topological polar surface area (TPSA) is 138 Å². The van der Waals surface area contributed by atoms with E-state index in [4.69, 9.17) is 9.47 Å². The molecule has 1 spiro atoms. The molecule has 0 radical (unpaired) electrons. The number of piperidine rings is 1. The molecule has 210 valence electrons. The van der Waals surface area contributed by atoms with Crippen molar-refractivity contribution >= 4 is 35.4 Å². The van der Waals surface area contributed by atoms with Crippen molar-refractivity contribution in [1.82, 2.24) is 20.0 Å². The molecule has 1 aromatic rings. The molecule has 12 heteroatoms. The second-order valence-corrected chi connectivity index (χ2v) is 11.8. The maximum Gasteiger partial charge on any atom is 0.410 e. The molecule has 4 heterocycles. The summed E-state index contributed by atoms with van der Waals surface area (Å²) < 4.78 is 11.2. The van der Waals surface area contributed by atoms with Gasteiger partial charge in [0, 0.05) is 56.8 Å². The summed E-state index contributed by atoms with van der Waals surface area (Å²) in [5.74, 6) is -2.11. The molecular formula is C27H35N5O7. The highest BCUT2D eigenvalue weighted by atomic mass is 16.6. The van der Waals surface area contributed by atoms with Gasteiger partial charge in [-0.3, -0.25) is 34.3 Å². The third kappa shape index (κ3) is 5.48. The van der Waals surface area contributed by atoms with Crippen molar-refractivity contribution < 1.29 is 33.4 Å². The van der Waals surface area contributed by atoms with Gasteiger partial charge in [-0.05, 0) is 39.3 Å². The first-order valence-electron chi connectivity index (χ1n) is 13.3. The van der Waals surface area contributed by atoms with Gasteiger partial charge >= 0.3 is 6.09 Å². The summed E-state index contributed by atoms with van der Waals surface area (Å²) in [7, 11) is 0. The van der Waals surface area contributed by atoms with E-state index in [1.165, 1.54) is 0 Å². The molecule has 1 unspecified atom stereocenters. The van der Waals surface area contributed by atoms with Gasteiger partial charge in [0.2, 0.25) is 11.8 Å². The van der Waals surface area contributed by atoms with Crippen molar-refractivity contribution in [2.75, 3.05) is 57.8 Å². The van der Waals surface area contributed by atoms with Gasteiger partial charge in [-0.15, -0.1) is 0 Å². The van der Waals surface area contributed by atoms with Crippen molar-refractivity contribution in [2.24, 2.45) is 5.41 Å². The van der Waals surface area contributed by atoms with Crippen LogP contribution in [-0.4, -0.2) is 109 Å². The molecule has 0 saturated carbocycles. The number of imide groups is 2. The van der Waals surface area contributed by atoms with Crippen LogP contribution in [0.2, 0.25) is 0 Å². The van der Waals surface area contributed by atoms with E-state index in [0.717, 1.165) is 37.6 Å². The Morgan fingerprint density at radius 2 is 1.82 bits per heavy atom. The lowest BCUT2D eigenvalue weighted by molar-refractivity contribution is -0.136. The molecule has 0 aliphatic carbocycles. The normalized spacial score (nSPS) is 22.4. The maximum atomic E-state index is 13.1. The summed E-state index contributed by atoms with van der Waals surface area (Å²) in [6, 6.07) is 3.98. The number of amides is 5. The van der Waals surface area contributed by atoms with Crippen LogP contribution >= 0.6 is 0 Å². The number of fused-ring (bicyclic) bond motifs is 1. The van der Waals surface area contributed by atoms with Crippen molar-refractivity contribution in [3.8, 4) is 0 Å². The second-order valence-electron chi connectivity index (χ2n) is 11.8. The van der Waals surface area contributed by atoms with Crippen LogP contribution in [0, 0.1) is 5.41 Å². The molecule has 4 aliphatic rings. The van der Waals surface area contributed by atoms with Crippen molar-refractivity contribution in [2.45, 2.75) is 45.3 Å². The minimum Gasteiger partial charge on any atom is -0.444 e. The van der Waals surface area contributed by atoms with Crippen LogP contribution < -0.4 is 10.6 Å². The molecule has 2 N–H and O–H groups in total. The zero-order valence-corrected chi connectivity index (χ0v) is 22.6. The number of benzene rings is 1. The number of carbonyl (C=O) groups is 5. The van der Waals surface area contributed by atoms with Gasteiger partial charge in [0.25, 0.3) is 11.8 Å². The van der Waals surface area contributed by atoms with E-state index in [9.17, 15) is 24.0 Å². The first-order chi connectivity index (χ1) is 18.5. The van der Waals surface area contributed by atoms with Crippen LogP contribution in [0.5, 0.6) is 0 Å². The van der Waals surface area contributed by atoms with E-state index in [1.807, 2.05) is 20.8 Å². The van der Waals surface area contributed by atoms with Crippen LogP contribution in [0.4, 0.5) is 10.5 Å². The van der Waals surface area contributed by atoms with E-state index < -0.39 is 35.3 Å². The highest BCUT2D eigenvalue weighted by molar-refractivity contribution is 6.25. The minimum atomic E-state index is -0.993. The highest BCUT2D eigenvalue weighted by Crippen LogP contribution is 2.40. The Morgan fingerprint density at radius 3 is 2.51 bits per heavy atom. The smallest absolute Gasteiger partial charge is 0.410 e. The Hall–Kier alpha value is -3.51. The molecular weight excluding hydrogens is 506 g/mol. The lowest BCUT2D eigenvalue weighted by Crippen LogP contribution is -2.73. The molecule has 0 bridgehead atoms. The Morgan fingerprint density at radius 1 is 1.08 bits per heavy atom. The first kappa shape index (κ1) is 27.1. The van der Waals surface area contributed by atoms with Gasteiger partial charge in [0.05, 0.1) is 24.3 Å². The molecule has 4 aliphatic heterocycles. The zero-order valence-electron chi connectivity index (χ0n) is 22.6. The predicted octanol–water partition coefficient (Wildman–Crippen LogP) is 1.07. The summed E-state index contributed by atoms with van der Waals surface area (Å²) in [5, 5.41) is 5.38. The monoisotopic (exact) mass is 541 g/mol. The quantitative estimate of drug-likeness (QED) is 0.366. The number of nitrogens with zero attached hydrogens (tertiary/aromatic N) is 3. The average Bonchev–Trinajstić information content (AvgIpc) is 3.05. The van der Waals surface area contributed by atoms with Crippen LogP contribution in [-0.2, 0) is 19.1 Å². The Kier molecular flexibility index (Phi) is 7.10. The minimum absolute atomic E-state index is 0.0786. The van der Waals surface area contributed by atoms with Gasteiger partial charge in [-0.25, -0.2) is 4.79 Å². The predicted molar refractivity (Wildman–Crippen MR) is 139 cm³/mol. The van der Waals surface area contributed by atoms with Crippen molar-refractivity contribution in [3.63, 3.8) is 0 Å². The number of nitrogens with one attached hydrogen (secondary N) is 2. The number of ether oxygens (including phenoxy) is 2. The van der Waals surface area contributed by atoms with Crippen molar-refractivity contribution in [3.05, 3.63) is 29.3 Å². The standard InChI is InChI=1S/C27H35N5O7/c1-26(2,3)39-25(37)31-15-27(16-31)13-30(14-27)10-12-38-11-9-28-18-6-4-5-17-21(18)24(36)32(23(17)35)19-7-8-20(33)29-22(19)34/h4-6,19,28H,7-16H2,1-3H3,(H,29,33,34). The fraction of sp³-hybridized carbons (Fsp3) is 0.593. The van der Waals surface area contributed by atoms with E-state index in [0.29, 0.717) is 25.4 Å². The van der Waals surface area contributed by atoms with Gasteiger partial charge < -0.3 is 19.7 Å². The summed E-state index contributed by atoms with van der Waals surface area (Å²) >= 11 is 0. The molecule has 1 atom stereocenters. The summed E-state index contributed by atoms with van der Waals surface area (Å²) in [6.07, 6.45) is -0.0524.